The van der Waals surface area contributed by atoms with E-state index >= 15 is 0 Å². The van der Waals surface area contributed by atoms with Crippen LogP contribution in [-0.2, 0) is 0 Å². The van der Waals surface area contributed by atoms with Crippen molar-refractivity contribution in [3.63, 3.8) is 0 Å². The van der Waals surface area contributed by atoms with E-state index in [4.69, 9.17) is 4.42 Å². The lowest BCUT2D eigenvalue weighted by Crippen LogP contribution is -2.36. The van der Waals surface area contributed by atoms with Gasteiger partial charge < -0.3 is 15.1 Å². The highest BCUT2D eigenvalue weighted by molar-refractivity contribution is 5.95. The number of hydrogen-bond acceptors (Lipinski definition) is 4. The van der Waals surface area contributed by atoms with Crippen molar-refractivity contribution in [3.05, 3.63) is 29.7 Å². The maximum atomic E-state index is 11.9. The lowest BCUT2D eigenvalue weighted by atomic mass is 10.3. The number of nitrogens with zero attached hydrogens (tertiary/aromatic N) is 1. The number of amides is 1. The second-order valence-electron chi connectivity index (χ2n) is 4.35. The Kier molecular flexibility index (Phi) is 7.57. The van der Waals surface area contributed by atoms with Crippen molar-refractivity contribution >= 4 is 41.8 Å². The van der Waals surface area contributed by atoms with Gasteiger partial charge in [0.2, 0.25) is 0 Å². The third kappa shape index (κ3) is 4.37. The molecule has 0 radical (unpaired) electrons. The van der Waals surface area contributed by atoms with Gasteiger partial charge in [0.05, 0.1) is 0 Å². The first-order chi connectivity index (χ1) is 8.60. The van der Waals surface area contributed by atoms with Crippen LogP contribution in [0.25, 0.3) is 11.1 Å². The van der Waals surface area contributed by atoms with Gasteiger partial charge in [-0.2, -0.15) is 0 Å². The average Bonchev–Trinajstić information content (AvgIpc) is 2.78. The van der Waals surface area contributed by atoms with Gasteiger partial charge in [-0.1, -0.05) is 0 Å². The van der Waals surface area contributed by atoms with Crippen LogP contribution in [0.3, 0.4) is 0 Å². The molecule has 0 fully saturated rings. The first kappa shape index (κ1) is 18.7. The van der Waals surface area contributed by atoms with Gasteiger partial charge in [0.15, 0.2) is 11.3 Å². The Hall–Kier alpha value is -1.30. The molecule has 20 heavy (non-hydrogen) atoms. The third-order valence-corrected chi connectivity index (χ3v) is 2.80. The van der Waals surface area contributed by atoms with Gasteiger partial charge in [0, 0.05) is 24.3 Å². The molecular weight excluding hydrogens is 301 g/mol. The van der Waals surface area contributed by atoms with Crippen LogP contribution in [0.5, 0.6) is 0 Å². The van der Waals surface area contributed by atoms with Crippen molar-refractivity contribution in [2.45, 2.75) is 19.9 Å². The highest BCUT2D eigenvalue weighted by atomic mass is 35.5. The van der Waals surface area contributed by atoms with Gasteiger partial charge in [0.1, 0.15) is 5.52 Å². The van der Waals surface area contributed by atoms with Gasteiger partial charge >= 0.3 is 0 Å². The molecule has 2 rings (SSSR count). The molecule has 0 bridgehead atoms. The van der Waals surface area contributed by atoms with E-state index in [1.54, 1.807) is 6.07 Å². The Labute approximate surface area is 130 Å². The quantitative estimate of drug-likeness (QED) is 0.907. The van der Waals surface area contributed by atoms with Crippen LogP contribution in [-0.4, -0.2) is 30.5 Å². The number of hydrogen-bond donors (Lipinski definition) is 2. The molecule has 2 aromatic heterocycles. The van der Waals surface area contributed by atoms with Gasteiger partial charge in [-0.15, -0.1) is 24.8 Å². The molecule has 5 nitrogen and oxygen atoms in total. The molecular formula is C13H19Cl2N3O2. The molecule has 112 valence electrons. The lowest BCUT2D eigenvalue weighted by molar-refractivity contribution is 0.0925. The van der Waals surface area contributed by atoms with Crippen LogP contribution in [0.4, 0.5) is 0 Å². The number of furan rings is 1. The largest absolute Gasteiger partial charge is 0.449 e. The minimum atomic E-state index is -0.215. The number of nitrogens with one attached hydrogen (secondary N) is 2. The molecule has 2 N–H and O–H groups in total. The van der Waals surface area contributed by atoms with Crippen molar-refractivity contribution < 1.29 is 9.21 Å². The van der Waals surface area contributed by atoms with E-state index in [1.165, 1.54) is 0 Å². The van der Waals surface area contributed by atoms with Crippen LogP contribution in [0, 0.1) is 6.92 Å². The summed E-state index contributed by atoms with van der Waals surface area (Å²) in [6.45, 7) is 4.45. The van der Waals surface area contributed by atoms with E-state index in [0.29, 0.717) is 23.4 Å². The molecule has 7 heteroatoms. The number of fused-ring (bicyclic) bond motifs is 1. The summed E-state index contributed by atoms with van der Waals surface area (Å²) in [4.78, 5) is 16.2. The smallest absolute Gasteiger partial charge is 0.287 e. The van der Waals surface area contributed by atoms with Gasteiger partial charge in [-0.25, -0.2) is 4.98 Å². The minimum Gasteiger partial charge on any atom is -0.449 e. The number of rotatable bonds is 4. The Morgan fingerprint density at radius 1 is 1.40 bits per heavy atom. The average molecular weight is 320 g/mol. The molecule has 1 atom stereocenters. The van der Waals surface area contributed by atoms with Crippen molar-refractivity contribution in [2.24, 2.45) is 0 Å². The molecule has 0 saturated heterocycles. The predicted molar refractivity (Wildman–Crippen MR) is 84.1 cm³/mol. The van der Waals surface area contributed by atoms with Crippen LogP contribution < -0.4 is 10.6 Å². The number of halogens is 2. The predicted octanol–water partition coefficient (Wildman–Crippen LogP) is 2.32. The number of carbonyl (C=O) groups is 1. The molecule has 0 saturated carbocycles. The Balaban J connectivity index is 0.00000180. The summed E-state index contributed by atoms with van der Waals surface area (Å²) in [6, 6.07) is 5.57. The van der Waals surface area contributed by atoms with Crippen molar-refractivity contribution in [3.8, 4) is 0 Å². The molecule has 2 aromatic rings. The third-order valence-electron chi connectivity index (χ3n) is 2.80. The number of pyridine rings is 1. The summed E-state index contributed by atoms with van der Waals surface area (Å²) in [6.07, 6.45) is 0. The summed E-state index contributed by atoms with van der Waals surface area (Å²) < 4.78 is 5.46. The van der Waals surface area contributed by atoms with E-state index in [9.17, 15) is 4.79 Å². The summed E-state index contributed by atoms with van der Waals surface area (Å²) >= 11 is 0. The second kappa shape index (κ2) is 8.09. The Morgan fingerprint density at radius 3 is 2.75 bits per heavy atom. The fourth-order valence-corrected chi connectivity index (χ4v) is 1.57. The van der Waals surface area contributed by atoms with Gasteiger partial charge in [0.25, 0.3) is 5.91 Å². The normalized spacial score (nSPS) is 11.3. The number of carbonyl (C=O) groups excluding carboxylic acids is 1. The van der Waals surface area contributed by atoms with Crippen molar-refractivity contribution in [1.29, 1.82) is 0 Å². The molecule has 0 aliphatic heterocycles. The van der Waals surface area contributed by atoms with Crippen molar-refractivity contribution in [1.82, 2.24) is 15.6 Å². The second-order valence-corrected chi connectivity index (χ2v) is 4.35. The monoisotopic (exact) mass is 319 g/mol. The zero-order valence-electron chi connectivity index (χ0n) is 11.6. The molecule has 0 spiro atoms. The van der Waals surface area contributed by atoms with E-state index in [-0.39, 0.29) is 36.8 Å². The molecule has 2 heterocycles. The van der Waals surface area contributed by atoms with E-state index in [1.807, 2.05) is 33.0 Å². The lowest BCUT2D eigenvalue weighted by Gasteiger charge is -2.09. The first-order valence-electron chi connectivity index (χ1n) is 5.93. The molecule has 0 aliphatic carbocycles. The topological polar surface area (TPSA) is 67.2 Å². The number of likely N-dealkylation sites (N-methyl/N-ethyl adjacent to an activating group) is 1. The highest BCUT2D eigenvalue weighted by Crippen LogP contribution is 2.17. The standard InChI is InChI=1S/C13H17N3O2.2ClH/c1-8-4-5-11-10(16-8)6-12(18-11)13(17)15-7-9(2)14-3;;/h4-6,9,14H,7H2,1-3H3,(H,15,17);2*1H. The zero-order chi connectivity index (χ0) is 13.1. The zero-order valence-corrected chi connectivity index (χ0v) is 13.2. The highest BCUT2D eigenvalue weighted by Gasteiger charge is 2.13. The van der Waals surface area contributed by atoms with Crippen molar-refractivity contribution in [2.75, 3.05) is 13.6 Å². The fourth-order valence-electron chi connectivity index (χ4n) is 1.57. The summed E-state index contributed by atoms with van der Waals surface area (Å²) in [7, 11) is 1.85. The van der Waals surface area contributed by atoms with E-state index in [2.05, 4.69) is 15.6 Å². The van der Waals surface area contributed by atoms with E-state index < -0.39 is 0 Å². The first-order valence-corrected chi connectivity index (χ1v) is 5.93. The molecule has 1 amide bonds. The minimum absolute atomic E-state index is 0. The number of aromatic nitrogens is 1. The van der Waals surface area contributed by atoms with E-state index in [0.717, 1.165) is 5.69 Å². The maximum absolute atomic E-state index is 11.9. The maximum Gasteiger partial charge on any atom is 0.287 e. The van der Waals surface area contributed by atoms with Gasteiger partial charge in [-0.3, -0.25) is 4.79 Å². The molecule has 1 unspecified atom stereocenters. The van der Waals surface area contributed by atoms with Crippen LogP contribution in [0.2, 0.25) is 0 Å². The summed E-state index contributed by atoms with van der Waals surface area (Å²) in [5, 5.41) is 5.85. The summed E-state index contributed by atoms with van der Waals surface area (Å²) in [5.74, 6) is 0.0826. The van der Waals surface area contributed by atoms with Crippen LogP contribution >= 0.6 is 24.8 Å². The Morgan fingerprint density at radius 2 is 2.10 bits per heavy atom. The number of aryl methyl sites for hydroxylation is 1. The van der Waals surface area contributed by atoms with Crippen LogP contribution in [0.15, 0.2) is 22.6 Å². The SMILES string of the molecule is CNC(C)CNC(=O)c1cc2nc(C)ccc2o1.Cl.Cl. The molecule has 0 aliphatic rings. The summed E-state index contributed by atoms with van der Waals surface area (Å²) in [5.41, 5.74) is 2.24. The fraction of sp³-hybridized carbons (Fsp3) is 0.385. The Bertz CT molecular complexity index is 572. The van der Waals surface area contributed by atoms with Gasteiger partial charge in [-0.05, 0) is 33.0 Å². The van der Waals surface area contributed by atoms with Crippen LogP contribution in [0.1, 0.15) is 23.2 Å². The molecule has 0 aromatic carbocycles.